The van der Waals surface area contributed by atoms with Crippen molar-refractivity contribution >= 4 is 5.69 Å². The highest BCUT2D eigenvalue weighted by Gasteiger charge is 2.06. The summed E-state index contributed by atoms with van der Waals surface area (Å²) in [6, 6.07) is 14.1. The Morgan fingerprint density at radius 1 is 1.04 bits per heavy atom. The molecule has 0 N–H and O–H groups in total. The van der Waals surface area contributed by atoms with E-state index in [9.17, 15) is 10.1 Å². The first-order valence-electron chi connectivity index (χ1n) is 7.27. The Bertz CT molecular complexity index is 626. The van der Waals surface area contributed by atoms with Crippen LogP contribution in [0.5, 0.6) is 11.5 Å². The second kappa shape index (κ2) is 8.14. The molecule has 0 aliphatic heterocycles. The van der Waals surface area contributed by atoms with Crippen LogP contribution in [0.4, 0.5) is 5.69 Å². The van der Waals surface area contributed by atoms with Crippen molar-refractivity contribution in [1.29, 1.82) is 0 Å². The second-order valence-electron chi connectivity index (χ2n) is 5.19. The number of non-ortho nitro benzene ring substituents is 1. The molecular formula is C17H20N2O4. The molecule has 0 aliphatic rings. The predicted molar refractivity (Wildman–Crippen MR) is 87.9 cm³/mol. The average Bonchev–Trinajstić information content (AvgIpc) is 2.56. The predicted octanol–water partition coefficient (Wildman–Crippen LogP) is 3.11. The Hall–Kier alpha value is -2.60. The zero-order valence-electron chi connectivity index (χ0n) is 13.3. The highest BCUT2D eigenvalue weighted by molar-refractivity contribution is 5.33. The molecule has 2 aromatic carbocycles. The third-order valence-corrected chi connectivity index (χ3v) is 3.40. The molecule has 0 aromatic heterocycles. The summed E-state index contributed by atoms with van der Waals surface area (Å²) in [5.41, 5.74) is 1.14. The van der Waals surface area contributed by atoms with Gasteiger partial charge in [0.05, 0.1) is 12.0 Å². The fourth-order valence-electron chi connectivity index (χ4n) is 2.11. The lowest BCUT2D eigenvalue weighted by Gasteiger charge is -2.17. The zero-order valence-corrected chi connectivity index (χ0v) is 13.3. The molecule has 0 unspecified atom stereocenters. The van der Waals surface area contributed by atoms with Crippen LogP contribution < -0.4 is 9.47 Å². The molecule has 0 aliphatic carbocycles. The summed E-state index contributed by atoms with van der Waals surface area (Å²) in [6.45, 7) is 2.03. The van der Waals surface area contributed by atoms with Crippen molar-refractivity contribution in [2.45, 2.75) is 6.54 Å². The normalized spacial score (nSPS) is 10.6. The van der Waals surface area contributed by atoms with E-state index in [4.69, 9.17) is 9.47 Å². The van der Waals surface area contributed by atoms with E-state index >= 15 is 0 Å². The van der Waals surface area contributed by atoms with Gasteiger partial charge >= 0.3 is 0 Å². The van der Waals surface area contributed by atoms with Gasteiger partial charge < -0.3 is 9.47 Å². The van der Waals surface area contributed by atoms with E-state index in [1.54, 1.807) is 19.2 Å². The monoisotopic (exact) mass is 316 g/mol. The van der Waals surface area contributed by atoms with Crippen molar-refractivity contribution < 1.29 is 14.4 Å². The number of hydrogen-bond donors (Lipinski definition) is 0. The molecular weight excluding hydrogens is 296 g/mol. The van der Waals surface area contributed by atoms with Crippen LogP contribution >= 0.6 is 0 Å². The first-order chi connectivity index (χ1) is 11.1. The fourth-order valence-corrected chi connectivity index (χ4v) is 2.11. The van der Waals surface area contributed by atoms with Gasteiger partial charge in [0.2, 0.25) is 0 Å². The summed E-state index contributed by atoms with van der Waals surface area (Å²) >= 11 is 0. The molecule has 122 valence electrons. The van der Waals surface area contributed by atoms with Crippen LogP contribution in [0, 0.1) is 10.1 Å². The minimum atomic E-state index is -0.393. The van der Waals surface area contributed by atoms with Crippen LogP contribution in [0.1, 0.15) is 5.56 Å². The number of ether oxygens (including phenoxy) is 2. The van der Waals surface area contributed by atoms with E-state index in [-0.39, 0.29) is 5.69 Å². The number of nitro benzene ring substituents is 1. The summed E-state index contributed by atoms with van der Waals surface area (Å²) in [5.74, 6) is 1.60. The Kier molecular flexibility index (Phi) is 5.94. The molecule has 2 aromatic rings. The quantitative estimate of drug-likeness (QED) is 0.553. The molecule has 0 spiro atoms. The van der Waals surface area contributed by atoms with E-state index in [0.29, 0.717) is 13.2 Å². The summed E-state index contributed by atoms with van der Waals surface area (Å²) in [5, 5.41) is 10.6. The zero-order chi connectivity index (χ0) is 16.7. The molecule has 0 fully saturated rings. The van der Waals surface area contributed by atoms with Crippen molar-refractivity contribution in [2.75, 3.05) is 27.3 Å². The van der Waals surface area contributed by atoms with Gasteiger partial charge in [-0.1, -0.05) is 12.1 Å². The Balaban J connectivity index is 1.75. The number of rotatable bonds is 8. The van der Waals surface area contributed by atoms with Crippen LogP contribution in [-0.4, -0.2) is 37.1 Å². The minimum absolute atomic E-state index is 0.110. The lowest BCUT2D eigenvalue weighted by molar-refractivity contribution is -0.384. The minimum Gasteiger partial charge on any atom is -0.497 e. The molecule has 0 saturated carbocycles. The van der Waals surface area contributed by atoms with Crippen LogP contribution in [-0.2, 0) is 6.54 Å². The number of benzene rings is 2. The largest absolute Gasteiger partial charge is 0.497 e. The molecule has 0 bridgehead atoms. The molecule has 0 heterocycles. The van der Waals surface area contributed by atoms with Gasteiger partial charge in [-0.25, -0.2) is 0 Å². The Morgan fingerprint density at radius 2 is 1.65 bits per heavy atom. The second-order valence-corrected chi connectivity index (χ2v) is 5.19. The van der Waals surface area contributed by atoms with Gasteiger partial charge in [-0.2, -0.15) is 0 Å². The lowest BCUT2D eigenvalue weighted by Crippen LogP contribution is -2.23. The van der Waals surface area contributed by atoms with Gasteiger partial charge in [0.25, 0.3) is 5.69 Å². The molecule has 2 rings (SSSR count). The van der Waals surface area contributed by atoms with Gasteiger partial charge in [-0.05, 0) is 36.9 Å². The van der Waals surface area contributed by atoms with Crippen LogP contribution in [0.15, 0.2) is 48.5 Å². The smallest absolute Gasteiger partial charge is 0.269 e. The average molecular weight is 316 g/mol. The SMILES string of the molecule is COc1ccc(OCCN(C)Cc2ccc([N+](=O)[O-])cc2)cc1. The number of likely N-dealkylation sites (N-methyl/N-ethyl adjacent to an activating group) is 1. The van der Waals surface area contributed by atoms with Gasteiger partial charge in [0.15, 0.2) is 0 Å². The maximum absolute atomic E-state index is 10.6. The van der Waals surface area contributed by atoms with Gasteiger partial charge in [0.1, 0.15) is 18.1 Å². The summed E-state index contributed by atoms with van der Waals surface area (Å²) in [7, 11) is 3.61. The first kappa shape index (κ1) is 16.8. The molecule has 6 heteroatoms. The van der Waals surface area contributed by atoms with Crippen molar-refractivity contribution in [3.05, 3.63) is 64.2 Å². The van der Waals surface area contributed by atoms with Crippen LogP contribution in [0.3, 0.4) is 0 Å². The lowest BCUT2D eigenvalue weighted by atomic mass is 10.2. The number of nitro groups is 1. The Labute approximate surface area is 135 Å². The molecule has 0 radical (unpaired) electrons. The van der Waals surface area contributed by atoms with E-state index in [1.807, 2.05) is 31.3 Å². The maximum Gasteiger partial charge on any atom is 0.269 e. The van der Waals surface area contributed by atoms with Crippen molar-refractivity contribution in [2.24, 2.45) is 0 Å². The highest BCUT2D eigenvalue weighted by Crippen LogP contribution is 2.17. The third-order valence-electron chi connectivity index (χ3n) is 3.40. The molecule has 6 nitrogen and oxygen atoms in total. The topological polar surface area (TPSA) is 64.8 Å². The van der Waals surface area contributed by atoms with Crippen molar-refractivity contribution in [1.82, 2.24) is 4.90 Å². The summed E-state index contributed by atoms with van der Waals surface area (Å²) in [4.78, 5) is 12.3. The standard InChI is InChI=1S/C17H20N2O4/c1-18(13-14-3-5-15(6-4-14)19(20)21)11-12-23-17-9-7-16(22-2)8-10-17/h3-10H,11-13H2,1-2H3. The number of methoxy groups -OCH3 is 1. The highest BCUT2D eigenvalue weighted by atomic mass is 16.6. The van der Waals surface area contributed by atoms with E-state index < -0.39 is 4.92 Å². The number of hydrogen-bond acceptors (Lipinski definition) is 5. The van der Waals surface area contributed by atoms with Crippen LogP contribution in [0.25, 0.3) is 0 Å². The van der Waals surface area contributed by atoms with Gasteiger partial charge in [-0.3, -0.25) is 15.0 Å². The van der Waals surface area contributed by atoms with Crippen LogP contribution in [0.2, 0.25) is 0 Å². The van der Waals surface area contributed by atoms with E-state index in [1.165, 1.54) is 12.1 Å². The summed E-state index contributed by atoms with van der Waals surface area (Å²) < 4.78 is 10.8. The van der Waals surface area contributed by atoms with Gasteiger partial charge in [0, 0.05) is 25.2 Å². The third kappa shape index (κ3) is 5.27. The molecule has 0 saturated heterocycles. The maximum atomic E-state index is 10.6. The molecule has 0 amide bonds. The van der Waals surface area contributed by atoms with E-state index in [2.05, 4.69) is 4.90 Å². The van der Waals surface area contributed by atoms with Crippen molar-refractivity contribution in [3.8, 4) is 11.5 Å². The molecule has 0 atom stereocenters. The number of nitrogens with zero attached hydrogens (tertiary/aromatic N) is 2. The first-order valence-corrected chi connectivity index (χ1v) is 7.27. The van der Waals surface area contributed by atoms with E-state index in [0.717, 1.165) is 23.6 Å². The molecule has 23 heavy (non-hydrogen) atoms. The summed E-state index contributed by atoms with van der Waals surface area (Å²) in [6.07, 6.45) is 0. The van der Waals surface area contributed by atoms with Crippen molar-refractivity contribution in [3.63, 3.8) is 0 Å². The Morgan fingerprint density at radius 3 is 2.22 bits per heavy atom. The fraction of sp³-hybridized carbons (Fsp3) is 0.294. The van der Waals surface area contributed by atoms with Gasteiger partial charge in [-0.15, -0.1) is 0 Å².